The van der Waals surface area contributed by atoms with Crippen LogP contribution in [0.25, 0.3) is 6.08 Å². The highest BCUT2D eigenvalue weighted by Crippen LogP contribution is 2.17. The number of H-pyrrole nitrogens is 1. The van der Waals surface area contributed by atoms with E-state index >= 15 is 0 Å². The van der Waals surface area contributed by atoms with E-state index in [1.807, 2.05) is 6.20 Å². The first kappa shape index (κ1) is 8.35. The third kappa shape index (κ3) is 1.74. The van der Waals surface area contributed by atoms with Gasteiger partial charge in [-0.15, -0.1) is 0 Å². The molecule has 1 aliphatic rings. The van der Waals surface area contributed by atoms with Gasteiger partial charge in [0.25, 0.3) is 0 Å². The van der Waals surface area contributed by atoms with Crippen molar-refractivity contribution in [2.45, 2.75) is 20.4 Å². The molecule has 0 aliphatic carbocycles. The average molecular weight is 177 g/mol. The number of aromatic amines is 1. The van der Waals surface area contributed by atoms with E-state index in [1.165, 1.54) is 5.56 Å². The first-order valence-electron chi connectivity index (χ1n) is 4.70. The van der Waals surface area contributed by atoms with Gasteiger partial charge in [-0.1, -0.05) is 13.8 Å². The van der Waals surface area contributed by atoms with Crippen molar-refractivity contribution < 1.29 is 0 Å². The lowest BCUT2D eigenvalue weighted by Crippen LogP contribution is -2.23. The van der Waals surface area contributed by atoms with Crippen LogP contribution in [-0.2, 0) is 6.54 Å². The normalized spacial score (nSPS) is 15.2. The van der Waals surface area contributed by atoms with Crippen LogP contribution in [0.15, 0.2) is 12.4 Å². The standard InChI is InChI=1S/C10H15N3/c1-8(2)6-13-4-3-10-9(7-13)5-11-12-10/h3-5,8H,6-7H2,1-2H3,(H,11,12). The maximum absolute atomic E-state index is 4.01. The summed E-state index contributed by atoms with van der Waals surface area (Å²) in [7, 11) is 0. The molecule has 0 fully saturated rings. The van der Waals surface area contributed by atoms with E-state index in [4.69, 9.17) is 0 Å². The van der Waals surface area contributed by atoms with Crippen molar-refractivity contribution in [2.75, 3.05) is 6.54 Å². The summed E-state index contributed by atoms with van der Waals surface area (Å²) in [5, 5.41) is 6.98. The third-order valence-corrected chi connectivity index (χ3v) is 2.18. The predicted octanol–water partition coefficient (Wildman–Crippen LogP) is 1.85. The second kappa shape index (κ2) is 3.24. The first-order chi connectivity index (χ1) is 6.25. The molecule has 1 aromatic heterocycles. The van der Waals surface area contributed by atoms with E-state index < -0.39 is 0 Å². The van der Waals surface area contributed by atoms with Crippen LogP contribution in [-0.4, -0.2) is 21.6 Å². The SMILES string of the molecule is CC(C)CN1C=Cc2[nH]ncc2C1. The van der Waals surface area contributed by atoms with Crippen molar-refractivity contribution in [3.05, 3.63) is 23.7 Å². The molecule has 0 radical (unpaired) electrons. The molecule has 13 heavy (non-hydrogen) atoms. The van der Waals surface area contributed by atoms with E-state index in [0.29, 0.717) is 5.92 Å². The zero-order valence-electron chi connectivity index (χ0n) is 8.12. The van der Waals surface area contributed by atoms with Gasteiger partial charge in [0.15, 0.2) is 0 Å². The Kier molecular flexibility index (Phi) is 2.08. The minimum Gasteiger partial charge on any atom is -0.373 e. The zero-order valence-corrected chi connectivity index (χ0v) is 8.12. The minimum atomic E-state index is 0.707. The molecule has 3 heteroatoms. The van der Waals surface area contributed by atoms with Crippen molar-refractivity contribution in [3.8, 4) is 0 Å². The summed E-state index contributed by atoms with van der Waals surface area (Å²) < 4.78 is 0. The summed E-state index contributed by atoms with van der Waals surface area (Å²) >= 11 is 0. The van der Waals surface area contributed by atoms with Crippen LogP contribution in [0.3, 0.4) is 0 Å². The summed E-state index contributed by atoms with van der Waals surface area (Å²) in [6.45, 7) is 6.57. The minimum absolute atomic E-state index is 0.707. The fourth-order valence-electron chi connectivity index (χ4n) is 1.64. The third-order valence-electron chi connectivity index (χ3n) is 2.18. The van der Waals surface area contributed by atoms with Crippen molar-refractivity contribution in [2.24, 2.45) is 5.92 Å². The maximum Gasteiger partial charge on any atom is 0.0642 e. The lowest BCUT2D eigenvalue weighted by molar-refractivity contribution is 0.322. The number of rotatable bonds is 2. The number of hydrogen-bond donors (Lipinski definition) is 1. The molecular weight excluding hydrogens is 162 g/mol. The van der Waals surface area contributed by atoms with Gasteiger partial charge in [-0.25, -0.2) is 0 Å². The highest BCUT2D eigenvalue weighted by Gasteiger charge is 2.12. The van der Waals surface area contributed by atoms with Gasteiger partial charge in [0, 0.05) is 24.9 Å². The summed E-state index contributed by atoms with van der Waals surface area (Å²) in [6, 6.07) is 0. The van der Waals surface area contributed by atoms with E-state index in [-0.39, 0.29) is 0 Å². The Morgan fingerprint density at radius 3 is 3.23 bits per heavy atom. The van der Waals surface area contributed by atoms with Gasteiger partial charge in [-0.2, -0.15) is 5.10 Å². The fraction of sp³-hybridized carbons (Fsp3) is 0.500. The molecule has 0 saturated heterocycles. The van der Waals surface area contributed by atoms with Crippen LogP contribution in [0, 0.1) is 5.92 Å². The summed E-state index contributed by atoms with van der Waals surface area (Å²) in [6.07, 6.45) is 6.14. The van der Waals surface area contributed by atoms with E-state index in [2.05, 4.69) is 41.2 Å². The van der Waals surface area contributed by atoms with Gasteiger partial charge in [0.1, 0.15) is 0 Å². The predicted molar refractivity (Wildman–Crippen MR) is 52.9 cm³/mol. The molecule has 0 atom stereocenters. The van der Waals surface area contributed by atoms with Crippen LogP contribution in [0.4, 0.5) is 0 Å². The van der Waals surface area contributed by atoms with Gasteiger partial charge >= 0.3 is 0 Å². The smallest absolute Gasteiger partial charge is 0.0642 e. The number of nitrogens with zero attached hydrogens (tertiary/aromatic N) is 2. The molecule has 0 spiro atoms. The molecule has 0 unspecified atom stereocenters. The van der Waals surface area contributed by atoms with Gasteiger partial charge < -0.3 is 4.90 Å². The molecule has 0 bridgehead atoms. The molecule has 0 saturated carbocycles. The van der Waals surface area contributed by atoms with Crippen molar-refractivity contribution in [3.63, 3.8) is 0 Å². The van der Waals surface area contributed by atoms with Gasteiger partial charge in [0.05, 0.1) is 11.9 Å². The molecule has 70 valence electrons. The van der Waals surface area contributed by atoms with Crippen LogP contribution < -0.4 is 0 Å². The van der Waals surface area contributed by atoms with E-state index in [9.17, 15) is 0 Å². The lowest BCUT2D eigenvalue weighted by atomic mass is 10.1. The van der Waals surface area contributed by atoms with Gasteiger partial charge in [-0.05, 0) is 12.0 Å². The zero-order chi connectivity index (χ0) is 9.26. The Balaban J connectivity index is 2.08. The van der Waals surface area contributed by atoms with Crippen LogP contribution in [0.5, 0.6) is 0 Å². The number of hydrogen-bond acceptors (Lipinski definition) is 2. The highest BCUT2D eigenvalue weighted by molar-refractivity contribution is 5.50. The van der Waals surface area contributed by atoms with Crippen LogP contribution in [0.2, 0.25) is 0 Å². The molecule has 1 N–H and O–H groups in total. The topological polar surface area (TPSA) is 31.9 Å². The molecule has 2 heterocycles. The van der Waals surface area contributed by atoms with Crippen LogP contribution in [0.1, 0.15) is 25.1 Å². The maximum atomic E-state index is 4.01. The van der Waals surface area contributed by atoms with E-state index in [0.717, 1.165) is 18.8 Å². The summed E-state index contributed by atoms with van der Waals surface area (Å²) in [5.74, 6) is 0.707. The summed E-state index contributed by atoms with van der Waals surface area (Å²) in [4.78, 5) is 2.32. The molecule has 2 rings (SSSR count). The van der Waals surface area contributed by atoms with Crippen LogP contribution >= 0.6 is 0 Å². The number of fused-ring (bicyclic) bond motifs is 1. The molecule has 0 aromatic carbocycles. The largest absolute Gasteiger partial charge is 0.373 e. The fourth-order valence-corrected chi connectivity index (χ4v) is 1.64. The Morgan fingerprint density at radius 2 is 2.46 bits per heavy atom. The first-order valence-corrected chi connectivity index (χ1v) is 4.70. The van der Waals surface area contributed by atoms with E-state index in [1.54, 1.807) is 0 Å². The van der Waals surface area contributed by atoms with Crippen molar-refractivity contribution in [1.82, 2.24) is 15.1 Å². The second-order valence-electron chi connectivity index (χ2n) is 3.95. The Morgan fingerprint density at radius 1 is 1.62 bits per heavy atom. The van der Waals surface area contributed by atoms with Gasteiger partial charge in [-0.3, -0.25) is 5.10 Å². The highest BCUT2D eigenvalue weighted by atomic mass is 15.2. The average Bonchev–Trinajstić information content (AvgIpc) is 2.49. The Bertz CT molecular complexity index is 312. The molecule has 3 nitrogen and oxygen atoms in total. The van der Waals surface area contributed by atoms with Crippen molar-refractivity contribution >= 4 is 6.08 Å². The van der Waals surface area contributed by atoms with Crippen molar-refractivity contribution in [1.29, 1.82) is 0 Å². The monoisotopic (exact) mass is 177 g/mol. The number of nitrogens with one attached hydrogen (secondary N) is 1. The summed E-state index contributed by atoms with van der Waals surface area (Å²) in [5.41, 5.74) is 2.45. The number of aromatic nitrogens is 2. The lowest BCUT2D eigenvalue weighted by Gasteiger charge is -2.24. The Labute approximate surface area is 78.4 Å². The molecule has 1 aliphatic heterocycles. The molecular formula is C10H15N3. The molecule has 0 amide bonds. The Hall–Kier alpha value is -1.25. The second-order valence-corrected chi connectivity index (χ2v) is 3.95. The van der Waals surface area contributed by atoms with Gasteiger partial charge in [0.2, 0.25) is 0 Å². The molecule has 1 aromatic rings. The quantitative estimate of drug-likeness (QED) is 0.747.